The van der Waals surface area contributed by atoms with Gasteiger partial charge >= 0.3 is 0 Å². The molecule has 1 fully saturated rings. The first-order valence-corrected chi connectivity index (χ1v) is 13.4. The number of aromatic nitrogens is 5. The van der Waals surface area contributed by atoms with Gasteiger partial charge in [0.25, 0.3) is 0 Å². The molecule has 194 valence electrons. The number of aromatic amines is 1. The summed E-state index contributed by atoms with van der Waals surface area (Å²) in [5, 5.41) is 0. The number of halogens is 1. The average molecular weight is 508 g/mol. The van der Waals surface area contributed by atoms with Crippen LogP contribution in [0.1, 0.15) is 63.6 Å². The maximum absolute atomic E-state index is 14.3. The van der Waals surface area contributed by atoms with Crippen LogP contribution in [0.3, 0.4) is 0 Å². The zero-order valence-corrected chi connectivity index (χ0v) is 22.3. The first-order chi connectivity index (χ1) is 18.4. The quantitative estimate of drug-likeness (QED) is 0.264. The summed E-state index contributed by atoms with van der Waals surface area (Å²) in [6, 6.07) is 19.7. The van der Waals surface area contributed by atoms with E-state index in [-0.39, 0.29) is 0 Å². The minimum absolute atomic E-state index is 0.354. The summed E-state index contributed by atoms with van der Waals surface area (Å²) in [7, 11) is 0. The molecule has 0 spiro atoms. The molecule has 0 aliphatic heterocycles. The Labute approximate surface area is 223 Å². The summed E-state index contributed by atoms with van der Waals surface area (Å²) in [5.74, 6) is 1.22. The van der Waals surface area contributed by atoms with Crippen LogP contribution in [0, 0.1) is 6.92 Å². The molecule has 0 atom stereocenters. The van der Waals surface area contributed by atoms with Crippen molar-refractivity contribution in [3.8, 4) is 34.0 Å². The third-order valence-corrected chi connectivity index (χ3v) is 6.89. The van der Waals surface area contributed by atoms with Gasteiger partial charge in [0.15, 0.2) is 5.82 Å². The van der Waals surface area contributed by atoms with E-state index in [0.717, 1.165) is 39.2 Å². The third-order valence-electron chi connectivity index (χ3n) is 6.89. The molecule has 1 N–H and O–H groups in total. The van der Waals surface area contributed by atoms with Gasteiger partial charge in [-0.15, -0.1) is 0 Å². The summed E-state index contributed by atoms with van der Waals surface area (Å²) in [6.07, 6.45) is 12.4. The molecular weight excluding hydrogens is 473 g/mol. The van der Waals surface area contributed by atoms with Crippen LogP contribution in [0.5, 0.6) is 0 Å². The number of pyridine rings is 1. The van der Waals surface area contributed by atoms with Gasteiger partial charge in [0.2, 0.25) is 0 Å². The third kappa shape index (κ3) is 6.13. The van der Waals surface area contributed by atoms with Crippen molar-refractivity contribution >= 4 is 11.0 Å². The minimum Gasteiger partial charge on any atom is -0.338 e. The lowest BCUT2D eigenvalue weighted by Crippen LogP contribution is -2.12. The molecule has 6 heteroatoms. The lowest BCUT2D eigenvalue weighted by atomic mass is 10.0. The van der Waals surface area contributed by atoms with Crippen LogP contribution in [0.15, 0.2) is 73.1 Å². The predicted molar refractivity (Wildman–Crippen MR) is 152 cm³/mol. The van der Waals surface area contributed by atoms with Gasteiger partial charge in [0, 0.05) is 29.1 Å². The highest BCUT2D eigenvalue weighted by molar-refractivity contribution is 5.83. The number of fused-ring (bicyclic) bond motifs is 1. The largest absolute Gasteiger partial charge is 0.338 e. The molecule has 1 aliphatic rings. The van der Waals surface area contributed by atoms with Crippen molar-refractivity contribution in [3.63, 3.8) is 0 Å². The number of rotatable bonds is 4. The van der Waals surface area contributed by atoms with Gasteiger partial charge in [-0.1, -0.05) is 68.4 Å². The van der Waals surface area contributed by atoms with Gasteiger partial charge < -0.3 is 4.98 Å². The number of imidazole rings is 1. The Balaban J connectivity index is 0.000000433. The Bertz CT molecular complexity index is 1480. The Morgan fingerprint density at radius 3 is 2.03 bits per heavy atom. The van der Waals surface area contributed by atoms with Crippen molar-refractivity contribution in [3.05, 3.63) is 84.3 Å². The van der Waals surface area contributed by atoms with Crippen molar-refractivity contribution < 1.29 is 4.39 Å². The lowest BCUT2D eigenvalue weighted by Gasteiger charge is -2.13. The zero-order valence-electron chi connectivity index (χ0n) is 22.3. The molecule has 0 bridgehead atoms. The number of nitrogens with zero attached hydrogens (tertiary/aromatic N) is 4. The summed E-state index contributed by atoms with van der Waals surface area (Å²) in [4.78, 5) is 21.4. The maximum Gasteiger partial charge on any atom is 0.159 e. The molecule has 0 unspecified atom stereocenters. The van der Waals surface area contributed by atoms with Crippen LogP contribution in [-0.4, -0.2) is 24.9 Å². The number of aryl methyl sites for hydroxylation is 1. The van der Waals surface area contributed by atoms with E-state index in [4.69, 9.17) is 4.98 Å². The van der Waals surface area contributed by atoms with Crippen LogP contribution in [0.25, 0.3) is 45.1 Å². The molecule has 1 aliphatic carbocycles. The molecule has 38 heavy (non-hydrogen) atoms. The van der Waals surface area contributed by atoms with Crippen LogP contribution in [0.4, 0.5) is 4.39 Å². The minimum atomic E-state index is -1.53. The Hall–Kier alpha value is -3.93. The highest BCUT2D eigenvalue weighted by atomic mass is 19.1. The fourth-order valence-electron chi connectivity index (χ4n) is 4.60. The van der Waals surface area contributed by atoms with Crippen molar-refractivity contribution in [2.24, 2.45) is 0 Å². The van der Waals surface area contributed by atoms with Crippen molar-refractivity contribution in [2.75, 3.05) is 0 Å². The highest BCUT2D eigenvalue weighted by Crippen LogP contribution is 2.28. The number of benzene rings is 2. The Kier molecular flexibility index (Phi) is 7.59. The van der Waals surface area contributed by atoms with E-state index >= 15 is 0 Å². The fraction of sp³-hybridized carbons (Fsp3) is 0.312. The van der Waals surface area contributed by atoms with E-state index in [2.05, 4.69) is 51.1 Å². The molecule has 2 aromatic carbocycles. The monoisotopic (exact) mass is 507 g/mol. The van der Waals surface area contributed by atoms with Crippen LogP contribution >= 0.6 is 0 Å². The van der Waals surface area contributed by atoms with Gasteiger partial charge in [-0.25, -0.2) is 19.3 Å². The molecule has 1 saturated carbocycles. The second-order valence-corrected chi connectivity index (χ2v) is 10.5. The molecule has 0 saturated heterocycles. The Morgan fingerprint density at radius 1 is 0.737 bits per heavy atom. The van der Waals surface area contributed by atoms with Gasteiger partial charge in [-0.05, 0) is 57.2 Å². The van der Waals surface area contributed by atoms with Crippen LogP contribution < -0.4 is 0 Å². The van der Waals surface area contributed by atoms with Crippen LogP contribution in [-0.2, 0) is 5.67 Å². The summed E-state index contributed by atoms with van der Waals surface area (Å²) in [5.41, 5.74) is 5.42. The zero-order chi connectivity index (χ0) is 26.5. The molecule has 5 nitrogen and oxygen atoms in total. The van der Waals surface area contributed by atoms with Gasteiger partial charge in [-0.3, -0.25) is 4.98 Å². The number of hydrogen-bond donors (Lipinski definition) is 1. The topological polar surface area (TPSA) is 67.3 Å². The van der Waals surface area contributed by atoms with E-state index in [9.17, 15) is 4.39 Å². The van der Waals surface area contributed by atoms with Crippen LogP contribution in [0.2, 0.25) is 0 Å². The second kappa shape index (κ2) is 11.2. The van der Waals surface area contributed by atoms with Gasteiger partial charge in [0.1, 0.15) is 11.5 Å². The van der Waals surface area contributed by atoms with E-state index < -0.39 is 5.67 Å². The first kappa shape index (κ1) is 25.7. The predicted octanol–water partition coefficient (Wildman–Crippen LogP) is 8.60. The lowest BCUT2D eigenvalue weighted by molar-refractivity contribution is 0.214. The second-order valence-electron chi connectivity index (χ2n) is 10.5. The fourth-order valence-corrected chi connectivity index (χ4v) is 4.60. The van der Waals surface area contributed by atoms with Crippen molar-refractivity contribution in [1.82, 2.24) is 24.9 Å². The van der Waals surface area contributed by atoms with Gasteiger partial charge in [-0.2, -0.15) is 0 Å². The molecule has 3 aromatic heterocycles. The maximum atomic E-state index is 14.3. The smallest absolute Gasteiger partial charge is 0.159 e. The summed E-state index contributed by atoms with van der Waals surface area (Å²) in [6.45, 7) is 5.04. The van der Waals surface area contributed by atoms with E-state index in [1.165, 1.54) is 57.9 Å². The van der Waals surface area contributed by atoms with Crippen molar-refractivity contribution in [1.29, 1.82) is 0 Å². The summed E-state index contributed by atoms with van der Waals surface area (Å²) < 4.78 is 14.3. The molecular formula is C32H34FN5. The van der Waals surface area contributed by atoms with E-state index in [0.29, 0.717) is 11.5 Å². The first-order valence-electron chi connectivity index (χ1n) is 13.4. The normalized spacial score (nSPS) is 13.7. The number of nitrogens with one attached hydrogen (secondary N) is 1. The average Bonchev–Trinajstić information content (AvgIpc) is 3.38. The number of alkyl halides is 1. The molecule has 0 radical (unpaired) electrons. The van der Waals surface area contributed by atoms with Gasteiger partial charge in [0.05, 0.1) is 22.4 Å². The molecule has 5 aromatic rings. The van der Waals surface area contributed by atoms with Crippen molar-refractivity contribution in [2.45, 2.75) is 65.0 Å². The molecule has 3 heterocycles. The molecule has 6 rings (SSSR count). The molecule has 0 amide bonds. The Morgan fingerprint density at radius 2 is 1.39 bits per heavy atom. The SMILES string of the molecule is C1CCCCC1.Cc1ccc(-c2ccc(-c3nc4ccc(-c5nccc(C(C)(C)F)n5)cc4[nH]3)cn2)cc1. The summed E-state index contributed by atoms with van der Waals surface area (Å²) >= 11 is 0. The number of hydrogen-bond acceptors (Lipinski definition) is 4. The van der Waals surface area contributed by atoms with E-state index in [1.807, 2.05) is 36.5 Å². The van der Waals surface area contributed by atoms with E-state index in [1.54, 1.807) is 12.3 Å². The highest BCUT2D eigenvalue weighted by Gasteiger charge is 2.21. The number of H-pyrrole nitrogens is 1. The standard InChI is InChI=1S/C26H22FN5.C6H12/c1-16-4-6-17(7-5-16)20-10-9-19(15-29-20)25-30-21-11-8-18(14-22(21)31-25)24-28-13-12-23(32-24)26(2,3)27;1-2-4-6-5-3-1/h4-15H,1-3H3,(H,30,31);1-6H2.